The Morgan fingerprint density at radius 2 is 1.88 bits per heavy atom. The number of nitrogens with one attached hydrogen (secondary N) is 1. The van der Waals surface area contributed by atoms with Gasteiger partial charge >= 0.3 is 0 Å². The quantitative estimate of drug-likeness (QED) is 0.852. The summed E-state index contributed by atoms with van der Waals surface area (Å²) in [5, 5.41) is 5.04. The standard InChI is InChI=1S/C20H28N2OS/c1-15(19(23)21-13-18-7-6-12-24-18)22(5)14-16-8-10-17(11-9-16)20(2,3)4/h6-12,15H,13-14H2,1-5H3,(H,21,23). The van der Waals surface area contributed by atoms with Gasteiger partial charge in [0.15, 0.2) is 0 Å². The number of carbonyl (C=O) groups excluding carboxylic acids is 1. The maximum absolute atomic E-state index is 12.3. The van der Waals surface area contributed by atoms with Crippen molar-refractivity contribution in [2.75, 3.05) is 7.05 Å². The number of amides is 1. The van der Waals surface area contributed by atoms with Gasteiger partial charge in [-0.3, -0.25) is 9.69 Å². The van der Waals surface area contributed by atoms with Crippen LogP contribution in [0.5, 0.6) is 0 Å². The van der Waals surface area contributed by atoms with Crippen molar-refractivity contribution in [2.45, 2.75) is 52.2 Å². The first-order valence-corrected chi connectivity index (χ1v) is 9.25. The predicted molar refractivity (Wildman–Crippen MR) is 102 cm³/mol. The summed E-state index contributed by atoms with van der Waals surface area (Å²) in [6.07, 6.45) is 0. The zero-order valence-electron chi connectivity index (χ0n) is 15.3. The molecule has 1 aromatic heterocycles. The lowest BCUT2D eigenvalue weighted by Gasteiger charge is -2.24. The Morgan fingerprint density at radius 1 is 1.21 bits per heavy atom. The fourth-order valence-corrected chi connectivity index (χ4v) is 3.11. The molecule has 24 heavy (non-hydrogen) atoms. The maximum Gasteiger partial charge on any atom is 0.237 e. The summed E-state index contributed by atoms with van der Waals surface area (Å²) >= 11 is 1.66. The fraction of sp³-hybridized carbons (Fsp3) is 0.450. The van der Waals surface area contributed by atoms with E-state index in [-0.39, 0.29) is 17.4 Å². The van der Waals surface area contributed by atoms with Gasteiger partial charge in [-0.05, 0) is 42.0 Å². The summed E-state index contributed by atoms with van der Waals surface area (Å²) in [5.41, 5.74) is 2.72. The van der Waals surface area contributed by atoms with E-state index in [9.17, 15) is 4.79 Å². The smallest absolute Gasteiger partial charge is 0.237 e. The molecular weight excluding hydrogens is 316 g/mol. The molecule has 3 nitrogen and oxygen atoms in total. The lowest BCUT2D eigenvalue weighted by Crippen LogP contribution is -2.42. The number of thiophene rings is 1. The molecule has 1 aromatic carbocycles. The molecule has 1 heterocycles. The Labute approximate surface area is 149 Å². The summed E-state index contributed by atoms with van der Waals surface area (Å²) in [4.78, 5) is 15.6. The Kier molecular flexibility index (Phi) is 6.19. The first-order valence-electron chi connectivity index (χ1n) is 8.37. The molecule has 1 amide bonds. The van der Waals surface area contributed by atoms with Gasteiger partial charge in [-0.1, -0.05) is 51.1 Å². The van der Waals surface area contributed by atoms with E-state index in [1.165, 1.54) is 16.0 Å². The molecule has 4 heteroatoms. The van der Waals surface area contributed by atoms with E-state index in [4.69, 9.17) is 0 Å². The van der Waals surface area contributed by atoms with Crippen LogP contribution in [0.3, 0.4) is 0 Å². The van der Waals surface area contributed by atoms with Crippen molar-refractivity contribution in [3.63, 3.8) is 0 Å². The lowest BCUT2D eigenvalue weighted by atomic mass is 9.87. The second kappa shape index (κ2) is 7.95. The minimum atomic E-state index is -0.160. The molecule has 0 fully saturated rings. The van der Waals surface area contributed by atoms with E-state index in [0.717, 1.165) is 6.54 Å². The van der Waals surface area contributed by atoms with Crippen molar-refractivity contribution >= 4 is 17.2 Å². The monoisotopic (exact) mass is 344 g/mol. The highest BCUT2D eigenvalue weighted by molar-refractivity contribution is 7.09. The summed E-state index contributed by atoms with van der Waals surface area (Å²) in [6, 6.07) is 12.6. The van der Waals surface area contributed by atoms with Gasteiger partial charge in [0, 0.05) is 11.4 Å². The van der Waals surface area contributed by atoms with Crippen molar-refractivity contribution < 1.29 is 4.79 Å². The summed E-state index contributed by atoms with van der Waals surface area (Å²) < 4.78 is 0. The second-order valence-electron chi connectivity index (χ2n) is 7.34. The highest BCUT2D eigenvalue weighted by atomic mass is 32.1. The molecule has 130 valence electrons. The maximum atomic E-state index is 12.3. The molecule has 0 aliphatic carbocycles. The Bertz CT molecular complexity index is 641. The molecule has 0 spiro atoms. The predicted octanol–water partition coefficient (Wildman–Crippen LogP) is 4.18. The number of carbonyl (C=O) groups is 1. The molecule has 2 aromatic rings. The van der Waals surface area contributed by atoms with Crippen molar-refractivity contribution in [2.24, 2.45) is 0 Å². The summed E-state index contributed by atoms with van der Waals surface area (Å²) in [5.74, 6) is 0.0669. The van der Waals surface area contributed by atoms with Crippen molar-refractivity contribution in [1.29, 1.82) is 0 Å². The molecule has 0 radical (unpaired) electrons. The Morgan fingerprint density at radius 3 is 2.42 bits per heavy atom. The highest BCUT2D eigenvalue weighted by Crippen LogP contribution is 2.22. The number of benzene rings is 1. The molecule has 0 aliphatic heterocycles. The summed E-state index contributed by atoms with van der Waals surface area (Å²) in [7, 11) is 1.99. The van der Waals surface area contributed by atoms with Gasteiger partial charge in [-0.25, -0.2) is 0 Å². The van der Waals surface area contributed by atoms with Crippen LogP contribution in [0.25, 0.3) is 0 Å². The Hall–Kier alpha value is -1.65. The average molecular weight is 345 g/mol. The normalized spacial score (nSPS) is 13.1. The first-order chi connectivity index (χ1) is 11.3. The zero-order chi connectivity index (χ0) is 17.7. The average Bonchev–Trinajstić information content (AvgIpc) is 3.05. The number of hydrogen-bond acceptors (Lipinski definition) is 3. The fourth-order valence-electron chi connectivity index (χ4n) is 2.47. The van der Waals surface area contributed by atoms with Crippen molar-refractivity contribution in [1.82, 2.24) is 10.2 Å². The largest absolute Gasteiger partial charge is 0.350 e. The van der Waals surface area contributed by atoms with Gasteiger partial charge < -0.3 is 5.32 Å². The molecule has 1 unspecified atom stereocenters. The van der Waals surface area contributed by atoms with Crippen LogP contribution in [0.1, 0.15) is 43.7 Å². The molecule has 2 rings (SSSR count). The van der Waals surface area contributed by atoms with Crippen LogP contribution in [0.15, 0.2) is 41.8 Å². The van der Waals surface area contributed by atoms with Gasteiger partial charge in [0.1, 0.15) is 0 Å². The number of likely N-dealkylation sites (N-methyl/N-ethyl adjacent to an activating group) is 1. The van der Waals surface area contributed by atoms with Crippen LogP contribution in [0, 0.1) is 0 Å². The van der Waals surface area contributed by atoms with Crippen molar-refractivity contribution in [3.05, 3.63) is 57.8 Å². The number of nitrogens with zero attached hydrogens (tertiary/aromatic N) is 1. The number of hydrogen-bond donors (Lipinski definition) is 1. The SMILES string of the molecule is CC(C(=O)NCc1cccs1)N(C)Cc1ccc(C(C)(C)C)cc1. The molecule has 0 saturated heterocycles. The van der Waals surface area contributed by atoms with Gasteiger partial charge in [-0.2, -0.15) is 0 Å². The highest BCUT2D eigenvalue weighted by Gasteiger charge is 2.18. The molecular formula is C20H28N2OS. The first kappa shape index (κ1) is 18.7. The molecule has 1 atom stereocenters. The van der Waals surface area contributed by atoms with Crippen LogP contribution >= 0.6 is 11.3 Å². The third-order valence-corrected chi connectivity index (χ3v) is 5.19. The van der Waals surface area contributed by atoms with Gasteiger partial charge in [-0.15, -0.1) is 11.3 Å². The van der Waals surface area contributed by atoms with Crippen LogP contribution in [-0.2, 0) is 23.3 Å². The topological polar surface area (TPSA) is 32.3 Å². The van der Waals surface area contributed by atoms with Gasteiger partial charge in [0.05, 0.1) is 12.6 Å². The second-order valence-corrected chi connectivity index (χ2v) is 8.37. The lowest BCUT2D eigenvalue weighted by molar-refractivity contribution is -0.125. The zero-order valence-corrected chi connectivity index (χ0v) is 16.1. The van der Waals surface area contributed by atoms with E-state index >= 15 is 0 Å². The van der Waals surface area contributed by atoms with Gasteiger partial charge in [0.2, 0.25) is 5.91 Å². The van der Waals surface area contributed by atoms with Crippen LogP contribution in [-0.4, -0.2) is 23.9 Å². The van der Waals surface area contributed by atoms with E-state index in [0.29, 0.717) is 6.54 Å². The van der Waals surface area contributed by atoms with E-state index in [1.54, 1.807) is 11.3 Å². The molecule has 0 aliphatic rings. The molecule has 0 bridgehead atoms. The molecule has 0 saturated carbocycles. The minimum absolute atomic E-state index is 0.0669. The van der Waals surface area contributed by atoms with Crippen LogP contribution < -0.4 is 5.32 Å². The third-order valence-electron chi connectivity index (χ3n) is 4.31. The number of rotatable bonds is 6. The van der Waals surface area contributed by atoms with Crippen molar-refractivity contribution in [3.8, 4) is 0 Å². The van der Waals surface area contributed by atoms with Crippen LogP contribution in [0.4, 0.5) is 0 Å². The Balaban J connectivity index is 1.88. The van der Waals surface area contributed by atoms with Gasteiger partial charge in [0.25, 0.3) is 0 Å². The summed E-state index contributed by atoms with van der Waals surface area (Å²) in [6.45, 7) is 9.97. The third kappa shape index (κ3) is 5.18. The van der Waals surface area contributed by atoms with E-state index in [2.05, 4.69) is 55.3 Å². The van der Waals surface area contributed by atoms with E-state index in [1.807, 2.05) is 31.5 Å². The van der Waals surface area contributed by atoms with E-state index < -0.39 is 0 Å². The van der Waals surface area contributed by atoms with Crippen LogP contribution in [0.2, 0.25) is 0 Å². The minimum Gasteiger partial charge on any atom is -0.350 e. The molecule has 1 N–H and O–H groups in total.